The molecule has 2 heterocycles. The molecule has 4 aromatic rings. The highest BCUT2D eigenvalue weighted by atomic mass is 32.2. The molecular formula is C26H23N3O5S. The number of aryl methyl sites for hydroxylation is 1. The van der Waals surface area contributed by atoms with Crippen molar-refractivity contribution in [2.24, 2.45) is 0 Å². The number of para-hydroxylation sites is 1. The summed E-state index contributed by atoms with van der Waals surface area (Å²) in [6, 6.07) is 22.4. The van der Waals surface area contributed by atoms with Gasteiger partial charge >= 0.3 is 0 Å². The summed E-state index contributed by atoms with van der Waals surface area (Å²) in [5.74, 6) is -0.0993. The summed E-state index contributed by atoms with van der Waals surface area (Å²) in [5.41, 5.74) is 5.31. The topological polar surface area (TPSA) is 109 Å². The van der Waals surface area contributed by atoms with E-state index in [0.717, 1.165) is 22.2 Å². The molecule has 35 heavy (non-hydrogen) atoms. The maximum Gasteiger partial charge on any atom is 0.265 e. The highest BCUT2D eigenvalue weighted by Gasteiger charge is 2.43. The lowest BCUT2D eigenvalue weighted by Gasteiger charge is -2.25. The molecule has 1 amide bonds. The van der Waals surface area contributed by atoms with Crippen LogP contribution in [0.25, 0.3) is 10.9 Å². The number of pyridine rings is 1. The maximum atomic E-state index is 13.3. The van der Waals surface area contributed by atoms with Crippen molar-refractivity contribution >= 4 is 32.5 Å². The fraction of sp³-hybridized carbons (Fsp3) is 0.154. The zero-order chi connectivity index (χ0) is 24.6. The van der Waals surface area contributed by atoms with Crippen molar-refractivity contribution in [3.05, 3.63) is 95.7 Å². The zero-order valence-electron chi connectivity index (χ0n) is 18.9. The second-order valence-electron chi connectivity index (χ2n) is 8.32. The number of nitrogens with one attached hydrogen (secondary N) is 1. The fourth-order valence-electron chi connectivity index (χ4n) is 4.49. The average Bonchev–Trinajstić information content (AvgIpc) is 3.09. The minimum atomic E-state index is -3.88. The van der Waals surface area contributed by atoms with Gasteiger partial charge in [0, 0.05) is 16.6 Å². The van der Waals surface area contributed by atoms with Crippen molar-refractivity contribution in [2.45, 2.75) is 30.9 Å². The third kappa shape index (κ3) is 4.20. The molecule has 9 heteroatoms. The van der Waals surface area contributed by atoms with E-state index in [9.17, 15) is 13.2 Å². The van der Waals surface area contributed by atoms with Crippen molar-refractivity contribution in [2.75, 3.05) is 4.31 Å². The number of hydroxylamine groups is 1. The summed E-state index contributed by atoms with van der Waals surface area (Å²) in [7, 11) is -3.88. The summed E-state index contributed by atoms with van der Waals surface area (Å²) < 4.78 is 33.8. The number of hydrogen-bond donors (Lipinski definition) is 2. The predicted octanol–water partition coefficient (Wildman–Crippen LogP) is 4.27. The molecule has 0 radical (unpaired) electrons. The van der Waals surface area contributed by atoms with Gasteiger partial charge in [0.2, 0.25) is 5.91 Å². The number of nitrogens with zero attached hydrogens (tertiary/aromatic N) is 2. The highest BCUT2D eigenvalue weighted by molar-refractivity contribution is 7.93. The van der Waals surface area contributed by atoms with Crippen LogP contribution in [0.2, 0.25) is 0 Å². The lowest BCUT2D eigenvalue weighted by molar-refractivity contribution is -0.129. The molecular weight excluding hydrogens is 466 g/mol. The van der Waals surface area contributed by atoms with Gasteiger partial charge in [-0.15, -0.1) is 0 Å². The third-order valence-corrected chi connectivity index (χ3v) is 7.93. The van der Waals surface area contributed by atoms with Crippen LogP contribution in [0.3, 0.4) is 0 Å². The van der Waals surface area contributed by atoms with Crippen LogP contribution in [0.15, 0.2) is 83.8 Å². The van der Waals surface area contributed by atoms with Gasteiger partial charge in [0.1, 0.15) is 12.4 Å². The number of amides is 1. The van der Waals surface area contributed by atoms with Gasteiger partial charge in [-0.2, -0.15) is 0 Å². The normalized spacial score (nSPS) is 16.2. The molecule has 1 aromatic heterocycles. The Hall–Kier alpha value is -3.95. The van der Waals surface area contributed by atoms with E-state index in [4.69, 9.17) is 9.94 Å². The van der Waals surface area contributed by atoms with E-state index in [1.165, 1.54) is 10.4 Å². The van der Waals surface area contributed by atoms with Crippen LogP contribution in [0, 0.1) is 6.92 Å². The number of fused-ring (bicyclic) bond motifs is 2. The maximum absolute atomic E-state index is 13.3. The van der Waals surface area contributed by atoms with Gasteiger partial charge in [-0.1, -0.05) is 36.4 Å². The van der Waals surface area contributed by atoms with Gasteiger partial charge in [-0.25, -0.2) is 13.9 Å². The Balaban J connectivity index is 1.42. The summed E-state index contributed by atoms with van der Waals surface area (Å²) in [4.78, 5) is 16.6. The number of aromatic nitrogens is 1. The monoisotopic (exact) mass is 489 g/mol. The smallest absolute Gasteiger partial charge is 0.265 e. The van der Waals surface area contributed by atoms with E-state index < -0.39 is 22.0 Å². The minimum Gasteiger partial charge on any atom is -0.489 e. The summed E-state index contributed by atoms with van der Waals surface area (Å²) >= 11 is 0. The molecule has 2 N–H and O–H groups in total. The summed E-state index contributed by atoms with van der Waals surface area (Å²) in [6.07, 6.45) is -0.223. The van der Waals surface area contributed by atoms with Crippen molar-refractivity contribution in [3.8, 4) is 5.75 Å². The van der Waals surface area contributed by atoms with Gasteiger partial charge in [0.05, 0.1) is 28.6 Å². The Morgan fingerprint density at radius 1 is 1.06 bits per heavy atom. The molecule has 0 bridgehead atoms. The van der Waals surface area contributed by atoms with Crippen LogP contribution in [0.4, 0.5) is 5.69 Å². The Bertz CT molecular complexity index is 1520. The van der Waals surface area contributed by atoms with Gasteiger partial charge in [0.15, 0.2) is 0 Å². The van der Waals surface area contributed by atoms with Crippen LogP contribution in [-0.4, -0.2) is 24.5 Å². The number of benzene rings is 3. The number of rotatable bonds is 6. The molecule has 3 aromatic carbocycles. The van der Waals surface area contributed by atoms with E-state index >= 15 is 0 Å². The first-order valence-corrected chi connectivity index (χ1v) is 12.5. The van der Waals surface area contributed by atoms with Gasteiger partial charge in [-0.3, -0.25) is 19.3 Å². The SMILES string of the molecule is Cc1cc(COc2ccc(N3[C@@H](CC(=O)NO)c4ccccc4S3(=O)=O)cc2)c2ccccc2n1. The molecule has 5 rings (SSSR count). The number of sulfonamides is 1. The van der Waals surface area contributed by atoms with E-state index in [2.05, 4.69) is 4.98 Å². The van der Waals surface area contributed by atoms with Crippen molar-refractivity contribution in [1.29, 1.82) is 0 Å². The Morgan fingerprint density at radius 3 is 2.54 bits per heavy atom. The molecule has 8 nitrogen and oxygen atoms in total. The van der Waals surface area contributed by atoms with Crippen molar-refractivity contribution in [3.63, 3.8) is 0 Å². The molecule has 0 saturated carbocycles. The summed E-state index contributed by atoms with van der Waals surface area (Å²) in [6.45, 7) is 2.27. The highest BCUT2D eigenvalue weighted by Crippen LogP contribution is 2.44. The fourth-order valence-corrected chi connectivity index (χ4v) is 6.37. The Kier molecular flexibility index (Phi) is 5.88. The van der Waals surface area contributed by atoms with E-state index in [0.29, 0.717) is 23.6 Å². The quantitative estimate of drug-likeness (QED) is 0.309. The number of carbonyl (C=O) groups excluding carboxylic acids is 1. The van der Waals surface area contributed by atoms with Crippen LogP contribution < -0.4 is 14.5 Å². The molecule has 178 valence electrons. The molecule has 0 spiro atoms. The van der Waals surface area contributed by atoms with Crippen molar-refractivity contribution in [1.82, 2.24) is 10.5 Å². The molecule has 0 aliphatic carbocycles. The Morgan fingerprint density at radius 2 is 1.77 bits per heavy atom. The molecule has 1 atom stereocenters. The second-order valence-corrected chi connectivity index (χ2v) is 10.1. The molecule has 1 aliphatic rings. The number of carbonyl (C=O) groups is 1. The zero-order valence-corrected chi connectivity index (χ0v) is 19.7. The van der Waals surface area contributed by atoms with E-state index in [1.54, 1.807) is 47.9 Å². The minimum absolute atomic E-state index is 0.149. The first-order chi connectivity index (χ1) is 16.9. The van der Waals surface area contributed by atoms with Crippen LogP contribution in [0.5, 0.6) is 5.75 Å². The second kappa shape index (κ2) is 9.01. The largest absolute Gasteiger partial charge is 0.489 e. The first kappa shape index (κ1) is 22.8. The number of ether oxygens (including phenoxy) is 1. The Labute approximate surface area is 202 Å². The van der Waals surface area contributed by atoms with Gasteiger partial charge in [0.25, 0.3) is 10.0 Å². The van der Waals surface area contributed by atoms with Gasteiger partial charge in [-0.05, 0) is 55.0 Å². The lowest BCUT2D eigenvalue weighted by atomic mass is 10.0. The number of hydrogen-bond acceptors (Lipinski definition) is 6. The average molecular weight is 490 g/mol. The lowest BCUT2D eigenvalue weighted by Crippen LogP contribution is -2.32. The molecule has 1 aliphatic heterocycles. The molecule has 0 saturated heterocycles. The molecule has 0 fully saturated rings. The summed E-state index contributed by atoms with van der Waals surface area (Å²) in [5, 5.41) is 10.0. The standard InChI is InChI=1S/C26H23N3O5S/c1-17-14-18(21-6-2-4-8-23(21)27-17)16-34-20-12-10-19(11-13-20)29-24(15-26(30)28-31)22-7-3-5-9-25(22)35(29,32)33/h2-14,24,31H,15-16H2,1H3,(H,28,30)/t24-/m0/s1. The van der Waals surface area contributed by atoms with E-state index in [-0.39, 0.29) is 11.3 Å². The third-order valence-electron chi connectivity index (χ3n) is 6.02. The van der Waals surface area contributed by atoms with Crippen molar-refractivity contribution < 1.29 is 23.2 Å². The predicted molar refractivity (Wildman–Crippen MR) is 131 cm³/mol. The van der Waals surface area contributed by atoms with E-state index in [1.807, 2.05) is 37.3 Å². The van der Waals surface area contributed by atoms with Crippen LogP contribution >= 0.6 is 0 Å². The molecule has 0 unspecified atom stereocenters. The van der Waals surface area contributed by atoms with Crippen LogP contribution in [0.1, 0.15) is 29.3 Å². The van der Waals surface area contributed by atoms with Crippen LogP contribution in [-0.2, 0) is 21.4 Å². The number of anilines is 1. The van der Waals surface area contributed by atoms with Gasteiger partial charge < -0.3 is 4.74 Å². The first-order valence-electron chi connectivity index (χ1n) is 11.0.